The fourth-order valence-corrected chi connectivity index (χ4v) is 1.77. The Morgan fingerprint density at radius 2 is 2.12 bits per heavy atom. The van der Waals surface area contributed by atoms with Crippen LogP contribution in [0.15, 0.2) is 24.3 Å². The molecule has 5 heteroatoms. The van der Waals surface area contributed by atoms with Crippen LogP contribution in [0.5, 0.6) is 0 Å². The van der Waals surface area contributed by atoms with Crippen molar-refractivity contribution in [2.24, 2.45) is 5.92 Å². The van der Waals surface area contributed by atoms with Gasteiger partial charge in [-0.05, 0) is 41.3 Å². The summed E-state index contributed by atoms with van der Waals surface area (Å²) in [5.41, 5.74) is 7.55. The van der Waals surface area contributed by atoms with E-state index in [1.165, 1.54) is 12.8 Å². The van der Waals surface area contributed by atoms with Gasteiger partial charge >= 0.3 is 0 Å². The van der Waals surface area contributed by atoms with Crippen molar-refractivity contribution in [2.75, 3.05) is 5.73 Å². The van der Waals surface area contributed by atoms with Crippen LogP contribution in [0.4, 0.5) is 5.69 Å². The van der Waals surface area contributed by atoms with Gasteiger partial charge in [-0.1, -0.05) is 12.1 Å². The Kier molecular flexibility index (Phi) is 2.09. The molecule has 1 aromatic carbocycles. The first kappa shape index (κ1) is 9.33. The molecule has 0 amide bonds. The molecule has 1 saturated carbocycles. The summed E-state index contributed by atoms with van der Waals surface area (Å²) >= 11 is 0. The van der Waals surface area contributed by atoms with Crippen LogP contribution < -0.4 is 5.73 Å². The lowest BCUT2D eigenvalue weighted by molar-refractivity contribution is 0.548. The lowest BCUT2D eigenvalue weighted by atomic mass is 10.1. The molecule has 1 aliphatic carbocycles. The first-order valence-electron chi connectivity index (χ1n) is 5.45. The van der Waals surface area contributed by atoms with Gasteiger partial charge in [0.1, 0.15) is 0 Å². The summed E-state index contributed by atoms with van der Waals surface area (Å²) in [7, 11) is 0. The fourth-order valence-electron chi connectivity index (χ4n) is 1.77. The highest BCUT2D eigenvalue weighted by atomic mass is 15.5. The molecule has 0 bridgehead atoms. The number of anilines is 1. The molecule has 0 saturated heterocycles. The number of para-hydroxylation sites is 1. The van der Waals surface area contributed by atoms with Crippen molar-refractivity contribution in [3.63, 3.8) is 0 Å². The van der Waals surface area contributed by atoms with E-state index in [1.807, 2.05) is 28.9 Å². The predicted octanol–water partition coefficient (Wildman–Crippen LogP) is 1.33. The van der Waals surface area contributed by atoms with E-state index < -0.39 is 0 Å². The van der Waals surface area contributed by atoms with Crippen LogP contribution >= 0.6 is 0 Å². The molecule has 0 aliphatic heterocycles. The molecule has 0 spiro atoms. The van der Waals surface area contributed by atoms with Gasteiger partial charge in [-0.15, -0.1) is 5.10 Å². The molecule has 3 rings (SSSR count). The van der Waals surface area contributed by atoms with Crippen LogP contribution in [0, 0.1) is 5.92 Å². The Hall–Kier alpha value is -1.91. The number of benzene rings is 1. The molecule has 1 aromatic heterocycles. The molecule has 1 heterocycles. The van der Waals surface area contributed by atoms with Crippen LogP contribution in [-0.4, -0.2) is 20.2 Å². The minimum atomic E-state index is 0.717. The zero-order chi connectivity index (χ0) is 11.0. The summed E-state index contributed by atoms with van der Waals surface area (Å²) in [5, 5.41) is 11.8. The number of rotatable bonds is 3. The zero-order valence-electron chi connectivity index (χ0n) is 8.87. The van der Waals surface area contributed by atoms with Crippen molar-refractivity contribution in [3.05, 3.63) is 24.3 Å². The van der Waals surface area contributed by atoms with Gasteiger partial charge in [-0.25, -0.2) is 4.68 Å². The van der Waals surface area contributed by atoms with Gasteiger partial charge in [-0.3, -0.25) is 0 Å². The molecule has 1 fully saturated rings. The third-order valence-corrected chi connectivity index (χ3v) is 2.86. The normalized spacial score (nSPS) is 15.2. The van der Waals surface area contributed by atoms with Crippen LogP contribution in [0.2, 0.25) is 0 Å². The molecule has 5 nitrogen and oxygen atoms in total. The monoisotopic (exact) mass is 215 g/mol. The van der Waals surface area contributed by atoms with Gasteiger partial charge in [0, 0.05) is 17.8 Å². The molecule has 2 aromatic rings. The number of hydrogen-bond donors (Lipinski definition) is 1. The number of aromatic nitrogens is 4. The molecule has 0 radical (unpaired) electrons. The van der Waals surface area contributed by atoms with Crippen LogP contribution in [0.25, 0.3) is 11.4 Å². The average Bonchev–Trinajstić information content (AvgIpc) is 2.97. The third-order valence-electron chi connectivity index (χ3n) is 2.86. The van der Waals surface area contributed by atoms with Crippen molar-refractivity contribution in [3.8, 4) is 11.4 Å². The van der Waals surface area contributed by atoms with Gasteiger partial charge in [0.05, 0.1) is 0 Å². The Balaban J connectivity index is 1.99. The van der Waals surface area contributed by atoms with Gasteiger partial charge in [0.15, 0.2) is 5.82 Å². The second kappa shape index (κ2) is 3.59. The standard InChI is InChI=1S/C11H13N5/c12-10-4-2-1-3-9(10)11-13-14-15-16(11)7-8-5-6-8/h1-4,8H,5-7,12H2. The number of nitrogens with two attached hydrogens (primary N) is 1. The highest BCUT2D eigenvalue weighted by Crippen LogP contribution is 2.32. The van der Waals surface area contributed by atoms with E-state index in [2.05, 4.69) is 15.5 Å². The quantitative estimate of drug-likeness (QED) is 0.784. The average molecular weight is 215 g/mol. The molecule has 16 heavy (non-hydrogen) atoms. The van der Waals surface area contributed by atoms with E-state index in [1.54, 1.807) is 0 Å². The van der Waals surface area contributed by atoms with Crippen LogP contribution in [0.1, 0.15) is 12.8 Å². The number of nitrogen functional groups attached to an aromatic ring is 1. The molecule has 0 atom stereocenters. The maximum atomic E-state index is 5.92. The summed E-state index contributed by atoms with van der Waals surface area (Å²) in [6.45, 7) is 0.899. The van der Waals surface area contributed by atoms with E-state index in [0.717, 1.165) is 23.9 Å². The molecular weight excluding hydrogens is 202 g/mol. The van der Waals surface area contributed by atoms with Crippen molar-refractivity contribution in [1.29, 1.82) is 0 Å². The Morgan fingerprint density at radius 1 is 1.31 bits per heavy atom. The lowest BCUT2D eigenvalue weighted by Crippen LogP contribution is -2.05. The van der Waals surface area contributed by atoms with Gasteiger partial charge < -0.3 is 5.73 Å². The summed E-state index contributed by atoms with van der Waals surface area (Å²) in [5.74, 6) is 1.51. The second-order valence-corrected chi connectivity index (χ2v) is 4.22. The van der Waals surface area contributed by atoms with Crippen LogP contribution in [-0.2, 0) is 6.54 Å². The Bertz CT molecular complexity index is 501. The summed E-state index contributed by atoms with van der Waals surface area (Å²) in [6, 6.07) is 7.67. The largest absolute Gasteiger partial charge is 0.398 e. The topological polar surface area (TPSA) is 69.6 Å². The minimum Gasteiger partial charge on any atom is -0.398 e. The van der Waals surface area contributed by atoms with Crippen LogP contribution in [0.3, 0.4) is 0 Å². The van der Waals surface area contributed by atoms with E-state index in [0.29, 0.717) is 5.69 Å². The highest BCUT2D eigenvalue weighted by molar-refractivity contribution is 5.70. The van der Waals surface area contributed by atoms with Crippen molar-refractivity contribution >= 4 is 5.69 Å². The van der Waals surface area contributed by atoms with E-state index in [4.69, 9.17) is 5.73 Å². The van der Waals surface area contributed by atoms with E-state index in [-0.39, 0.29) is 0 Å². The minimum absolute atomic E-state index is 0.717. The predicted molar refractivity (Wildman–Crippen MR) is 60.4 cm³/mol. The Labute approximate surface area is 93.3 Å². The number of nitrogens with zero attached hydrogens (tertiary/aromatic N) is 4. The molecule has 0 unspecified atom stereocenters. The lowest BCUT2D eigenvalue weighted by Gasteiger charge is -2.05. The summed E-state index contributed by atoms with van der Waals surface area (Å²) < 4.78 is 1.85. The smallest absolute Gasteiger partial charge is 0.184 e. The van der Waals surface area contributed by atoms with Crippen molar-refractivity contribution < 1.29 is 0 Å². The fraction of sp³-hybridized carbons (Fsp3) is 0.364. The Morgan fingerprint density at radius 3 is 2.88 bits per heavy atom. The second-order valence-electron chi connectivity index (χ2n) is 4.22. The molecule has 2 N–H and O–H groups in total. The highest BCUT2D eigenvalue weighted by Gasteiger charge is 2.24. The van der Waals surface area contributed by atoms with E-state index in [9.17, 15) is 0 Å². The molecule has 82 valence electrons. The third kappa shape index (κ3) is 1.64. The van der Waals surface area contributed by atoms with Gasteiger partial charge in [0.2, 0.25) is 0 Å². The van der Waals surface area contributed by atoms with Gasteiger partial charge in [0.25, 0.3) is 0 Å². The number of tetrazole rings is 1. The van der Waals surface area contributed by atoms with Gasteiger partial charge in [-0.2, -0.15) is 0 Å². The van der Waals surface area contributed by atoms with E-state index >= 15 is 0 Å². The zero-order valence-corrected chi connectivity index (χ0v) is 8.87. The summed E-state index contributed by atoms with van der Waals surface area (Å²) in [4.78, 5) is 0. The maximum Gasteiger partial charge on any atom is 0.184 e. The number of hydrogen-bond acceptors (Lipinski definition) is 4. The SMILES string of the molecule is Nc1ccccc1-c1nnnn1CC1CC1. The molecule has 1 aliphatic rings. The first-order chi connectivity index (χ1) is 7.84. The summed E-state index contributed by atoms with van der Waals surface area (Å²) in [6.07, 6.45) is 2.56. The maximum absolute atomic E-state index is 5.92. The molecular formula is C11H13N5. The van der Waals surface area contributed by atoms with Crippen molar-refractivity contribution in [2.45, 2.75) is 19.4 Å². The first-order valence-corrected chi connectivity index (χ1v) is 5.45. The van der Waals surface area contributed by atoms with Crippen molar-refractivity contribution in [1.82, 2.24) is 20.2 Å².